The number of aliphatic hydroxyl groups excluding tert-OH is 1. The Bertz CT molecular complexity index is 1050. The standard InChI is InChI=1S/C21H18N2O3.CH5N.CH4O.CH2O/c1-14-3-5-15(6-4-14)21-23-19-11-17(9-10-20(19)26-21)25-13-16-7-8-18(24-2)12-22-16;3*1-2/h3-12H,13H2,1-2H3;2H2,1H3;2H,1H3;1H2. The van der Waals surface area contributed by atoms with E-state index in [-0.39, 0.29) is 0 Å². The number of fused-ring (bicyclic) bond motifs is 1. The van der Waals surface area contributed by atoms with Crippen molar-refractivity contribution in [2.45, 2.75) is 13.5 Å². The van der Waals surface area contributed by atoms with E-state index in [0.717, 1.165) is 41.0 Å². The molecule has 2 aromatic carbocycles. The van der Waals surface area contributed by atoms with Crippen molar-refractivity contribution in [3.8, 4) is 23.0 Å². The van der Waals surface area contributed by atoms with Gasteiger partial charge in [0.05, 0.1) is 19.0 Å². The minimum atomic E-state index is 0.373. The summed E-state index contributed by atoms with van der Waals surface area (Å²) in [7, 11) is 4.12. The fraction of sp³-hybridized carbons (Fsp3) is 0.208. The number of aliphatic hydroxyl groups is 1. The van der Waals surface area contributed by atoms with E-state index < -0.39 is 0 Å². The second-order valence-corrected chi connectivity index (χ2v) is 5.99. The summed E-state index contributed by atoms with van der Waals surface area (Å²) in [5.74, 6) is 2.05. The molecular formula is C24H29N3O5. The Kier molecular flexibility index (Phi) is 11.7. The first-order valence-corrected chi connectivity index (χ1v) is 9.62. The summed E-state index contributed by atoms with van der Waals surface area (Å²) < 4.78 is 16.8. The third kappa shape index (κ3) is 7.19. The molecule has 0 amide bonds. The fourth-order valence-electron chi connectivity index (χ4n) is 2.59. The minimum absolute atomic E-state index is 0.373. The molecule has 2 heterocycles. The monoisotopic (exact) mass is 439 g/mol. The van der Waals surface area contributed by atoms with Crippen LogP contribution in [-0.4, -0.2) is 43.1 Å². The average Bonchev–Trinajstić information content (AvgIpc) is 3.30. The second-order valence-electron chi connectivity index (χ2n) is 5.99. The predicted molar refractivity (Wildman–Crippen MR) is 125 cm³/mol. The van der Waals surface area contributed by atoms with Gasteiger partial charge >= 0.3 is 0 Å². The first-order valence-electron chi connectivity index (χ1n) is 9.62. The Morgan fingerprint density at radius 2 is 1.66 bits per heavy atom. The van der Waals surface area contributed by atoms with Crippen LogP contribution in [0.1, 0.15) is 11.3 Å². The third-order valence-corrected chi connectivity index (χ3v) is 4.08. The Hall–Kier alpha value is -3.75. The van der Waals surface area contributed by atoms with Crippen molar-refractivity contribution in [3.63, 3.8) is 0 Å². The number of nitrogens with two attached hydrogens (primary N) is 1. The van der Waals surface area contributed by atoms with Crippen LogP contribution in [0.15, 0.2) is 65.2 Å². The highest BCUT2D eigenvalue weighted by atomic mass is 16.5. The van der Waals surface area contributed by atoms with Gasteiger partial charge in [0.25, 0.3) is 0 Å². The molecule has 170 valence electrons. The van der Waals surface area contributed by atoms with Crippen molar-refractivity contribution in [1.29, 1.82) is 0 Å². The largest absolute Gasteiger partial charge is 0.495 e. The van der Waals surface area contributed by atoms with E-state index in [4.69, 9.17) is 23.8 Å². The molecular weight excluding hydrogens is 410 g/mol. The van der Waals surface area contributed by atoms with Crippen LogP contribution in [0.4, 0.5) is 0 Å². The minimum Gasteiger partial charge on any atom is -0.495 e. The highest BCUT2D eigenvalue weighted by Crippen LogP contribution is 2.27. The van der Waals surface area contributed by atoms with Crippen molar-refractivity contribution in [3.05, 3.63) is 72.1 Å². The van der Waals surface area contributed by atoms with Crippen molar-refractivity contribution >= 4 is 17.9 Å². The molecule has 0 aliphatic carbocycles. The molecule has 0 aliphatic heterocycles. The molecule has 0 fully saturated rings. The van der Waals surface area contributed by atoms with Crippen LogP contribution in [0, 0.1) is 6.92 Å². The summed E-state index contributed by atoms with van der Waals surface area (Å²) >= 11 is 0. The highest BCUT2D eigenvalue weighted by molar-refractivity contribution is 5.77. The lowest BCUT2D eigenvalue weighted by molar-refractivity contribution is -0.0979. The van der Waals surface area contributed by atoms with Gasteiger partial charge in [-0.25, -0.2) is 4.98 Å². The zero-order valence-electron chi connectivity index (χ0n) is 18.7. The summed E-state index contributed by atoms with van der Waals surface area (Å²) in [6, 6.07) is 17.5. The van der Waals surface area contributed by atoms with Crippen LogP contribution in [0.3, 0.4) is 0 Å². The molecule has 8 heteroatoms. The molecule has 0 bridgehead atoms. The van der Waals surface area contributed by atoms with Gasteiger partial charge in [-0.1, -0.05) is 17.7 Å². The van der Waals surface area contributed by atoms with Gasteiger partial charge in [0.15, 0.2) is 5.58 Å². The summed E-state index contributed by atoms with van der Waals surface area (Å²) in [5.41, 5.74) is 8.98. The van der Waals surface area contributed by atoms with E-state index in [9.17, 15) is 0 Å². The van der Waals surface area contributed by atoms with Crippen LogP contribution in [-0.2, 0) is 11.4 Å². The van der Waals surface area contributed by atoms with Crippen LogP contribution in [0.2, 0.25) is 0 Å². The molecule has 0 spiro atoms. The quantitative estimate of drug-likeness (QED) is 0.482. The normalized spacial score (nSPS) is 9.31. The van der Waals surface area contributed by atoms with Gasteiger partial charge in [0.1, 0.15) is 30.4 Å². The molecule has 0 saturated heterocycles. The second kappa shape index (κ2) is 14.3. The van der Waals surface area contributed by atoms with Crippen molar-refractivity contribution in [2.75, 3.05) is 21.3 Å². The number of benzene rings is 2. The first-order chi connectivity index (χ1) is 15.7. The molecule has 8 nitrogen and oxygen atoms in total. The van der Waals surface area contributed by atoms with Gasteiger partial charge < -0.3 is 29.5 Å². The van der Waals surface area contributed by atoms with Crippen LogP contribution < -0.4 is 15.2 Å². The topological polar surface area (TPSA) is 121 Å². The number of carbonyl (C=O) groups excluding carboxylic acids is 1. The number of ether oxygens (including phenoxy) is 2. The van der Waals surface area contributed by atoms with Gasteiger partial charge in [-0.3, -0.25) is 4.98 Å². The molecule has 32 heavy (non-hydrogen) atoms. The van der Waals surface area contributed by atoms with E-state index in [2.05, 4.69) is 22.6 Å². The number of aryl methyl sites for hydroxylation is 1. The smallest absolute Gasteiger partial charge is 0.227 e. The number of carbonyl (C=O) groups is 1. The van der Waals surface area contributed by atoms with Gasteiger partial charge in [0.2, 0.25) is 5.89 Å². The van der Waals surface area contributed by atoms with Crippen molar-refractivity contribution < 1.29 is 23.8 Å². The van der Waals surface area contributed by atoms with Crippen LogP contribution in [0.5, 0.6) is 11.5 Å². The zero-order chi connectivity index (χ0) is 23.9. The number of methoxy groups -OCH3 is 1. The molecule has 0 aliphatic rings. The first kappa shape index (κ1) is 26.3. The maximum Gasteiger partial charge on any atom is 0.227 e. The summed E-state index contributed by atoms with van der Waals surface area (Å²) in [6.07, 6.45) is 1.67. The fourth-order valence-corrected chi connectivity index (χ4v) is 2.59. The van der Waals surface area contributed by atoms with Crippen molar-refractivity contribution in [1.82, 2.24) is 9.97 Å². The van der Waals surface area contributed by atoms with E-state index >= 15 is 0 Å². The molecule has 0 atom stereocenters. The molecule has 0 unspecified atom stereocenters. The van der Waals surface area contributed by atoms with Crippen molar-refractivity contribution in [2.24, 2.45) is 5.73 Å². The lowest BCUT2D eigenvalue weighted by Gasteiger charge is -2.06. The molecule has 0 radical (unpaired) electrons. The summed E-state index contributed by atoms with van der Waals surface area (Å²) in [5, 5.41) is 7.00. The average molecular weight is 440 g/mol. The van der Waals surface area contributed by atoms with Crippen LogP contribution in [0.25, 0.3) is 22.6 Å². The molecule has 4 aromatic rings. The maximum atomic E-state index is 8.00. The number of hydrogen-bond acceptors (Lipinski definition) is 8. The van der Waals surface area contributed by atoms with E-state index in [1.54, 1.807) is 13.3 Å². The Balaban J connectivity index is 0.000000789. The lowest BCUT2D eigenvalue weighted by atomic mass is 10.1. The van der Waals surface area contributed by atoms with E-state index in [0.29, 0.717) is 12.5 Å². The third-order valence-electron chi connectivity index (χ3n) is 4.08. The summed E-state index contributed by atoms with van der Waals surface area (Å²) in [4.78, 5) is 16.9. The van der Waals surface area contributed by atoms with E-state index in [1.807, 2.05) is 61.4 Å². The Morgan fingerprint density at radius 3 is 2.25 bits per heavy atom. The van der Waals surface area contributed by atoms with Crippen LogP contribution >= 0.6 is 0 Å². The van der Waals surface area contributed by atoms with Gasteiger partial charge in [-0.15, -0.1) is 0 Å². The van der Waals surface area contributed by atoms with E-state index in [1.165, 1.54) is 12.6 Å². The SMILES string of the molecule is C=O.CN.CO.COc1ccc(COc2ccc3oc(-c4ccc(C)cc4)nc3c2)nc1. The molecule has 0 saturated carbocycles. The number of nitrogens with zero attached hydrogens (tertiary/aromatic N) is 2. The number of pyridine rings is 1. The predicted octanol–water partition coefficient (Wildman–Crippen LogP) is 3.78. The lowest BCUT2D eigenvalue weighted by Crippen LogP contribution is -1.98. The molecule has 3 N–H and O–H groups in total. The zero-order valence-corrected chi connectivity index (χ0v) is 18.7. The molecule has 2 aromatic heterocycles. The van der Waals surface area contributed by atoms with Gasteiger partial charge in [-0.2, -0.15) is 0 Å². The number of aromatic nitrogens is 2. The van der Waals surface area contributed by atoms with Gasteiger partial charge in [0, 0.05) is 18.7 Å². The van der Waals surface area contributed by atoms with Gasteiger partial charge in [-0.05, 0) is 50.4 Å². The Morgan fingerprint density at radius 1 is 1.00 bits per heavy atom. The number of oxazole rings is 1. The number of hydrogen-bond donors (Lipinski definition) is 2. The Labute approximate surface area is 187 Å². The summed E-state index contributed by atoms with van der Waals surface area (Å²) in [6.45, 7) is 4.43. The number of rotatable bonds is 5. The maximum absolute atomic E-state index is 8.00. The highest BCUT2D eigenvalue weighted by Gasteiger charge is 2.09. The molecule has 4 rings (SSSR count).